The summed E-state index contributed by atoms with van der Waals surface area (Å²) in [4.78, 5) is 2.34. The van der Waals surface area contributed by atoms with Crippen molar-refractivity contribution in [3.05, 3.63) is 224 Å². The summed E-state index contributed by atoms with van der Waals surface area (Å²) in [5, 5.41) is 4.55. The first-order valence-electron chi connectivity index (χ1n) is 20.0. The van der Waals surface area contributed by atoms with Crippen LogP contribution in [-0.2, 0) is 0 Å². The number of rotatable bonds is 7. The van der Waals surface area contributed by atoms with Crippen LogP contribution >= 0.6 is 0 Å². The van der Waals surface area contributed by atoms with Gasteiger partial charge in [-0.2, -0.15) is 0 Å². The van der Waals surface area contributed by atoms with Crippen molar-refractivity contribution in [2.75, 3.05) is 4.90 Å². The molecule has 3 heteroatoms. The minimum atomic E-state index is 0.694. The molecule has 1 heterocycles. The highest BCUT2D eigenvalue weighted by atomic mass is 16.5. The van der Waals surface area contributed by atoms with Gasteiger partial charge in [-0.05, 0) is 116 Å². The Kier molecular flexibility index (Phi) is 8.49. The number of hydrogen-bond donors (Lipinski definition) is 0. The number of anilines is 3. The van der Waals surface area contributed by atoms with Crippen LogP contribution in [0.4, 0.5) is 17.1 Å². The fraction of sp³-hybridized carbons (Fsp3) is 0. The topological polar surface area (TPSA) is 21.7 Å². The van der Waals surface area contributed by atoms with Crippen LogP contribution in [-0.4, -0.2) is 0 Å². The lowest BCUT2D eigenvalue weighted by Crippen LogP contribution is -2.10. The zero-order valence-corrected chi connectivity index (χ0v) is 32.1. The lowest BCUT2D eigenvalue weighted by Gasteiger charge is -2.26. The van der Waals surface area contributed by atoms with Gasteiger partial charge in [0.2, 0.25) is 0 Å². The highest BCUT2D eigenvalue weighted by Crippen LogP contribution is 2.50. The molecule has 0 N–H and O–H groups in total. The Morgan fingerprint density at radius 2 is 0.814 bits per heavy atom. The van der Waals surface area contributed by atoms with E-state index >= 15 is 0 Å². The molecule has 0 atom stereocenters. The van der Waals surface area contributed by atoms with Gasteiger partial charge >= 0.3 is 0 Å². The van der Waals surface area contributed by atoms with E-state index in [2.05, 4.69) is 193 Å². The van der Waals surface area contributed by atoms with Crippen molar-refractivity contribution < 1.29 is 9.47 Å². The number of nitrogens with zero attached hydrogens (tertiary/aromatic N) is 1. The normalized spacial score (nSPS) is 11.7. The Bertz CT molecular complexity index is 3140. The Morgan fingerprint density at radius 1 is 0.288 bits per heavy atom. The highest BCUT2D eigenvalue weighted by Gasteiger charge is 2.22. The molecule has 0 fully saturated rings. The van der Waals surface area contributed by atoms with Crippen molar-refractivity contribution in [1.29, 1.82) is 0 Å². The van der Waals surface area contributed by atoms with E-state index in [1.165, 1.54) is 33.0 Å². The largest absolute Gasteiger partial charge is 0.453 e. The predicted molar refractivity (Wildman–Crippen MR) is 244 cm³/mol. The number of fused-ring (bicyclic) bond motifs is 2. The van der Waals surface area contributed by atoms with Gasteiger partial charge in [-0.15, -0.1) is 0 Å². The van der Waals surface area contributed by atoms with Gasteiger partial charge in [0.05, 0.1) is 5.39 Å². The van der Waals surface area contributed by atoms with Gasteiger partial charge in [-0.3, -0.25) is 0 Å². The van der Waals surface area contributed by atoms with Gasteiger partial charge in [0.25, 0.3) is 0 Å². The Hall–Kier alpha value is -7.88. The number of ether oxygens (including phenoxy) is 2. The minimum Gasteiger partial charge on any atom is -0.453 e. The molecule has 1 aliphatic rings. The first kappa shape index (κ1) is 34.4. The van der Waals surface area contributed by atoms with Crippen LogP contribution in [0.15, 0.2) is 224 Å². The molecule has 59 heavy (non-hydrogen) atoms. The van der Waals surface area contributed by atoms with E-state index in [1.807, 2.05) is 36.4 Å². The molecule has 0 saturated carbocycles. The average molecular weight is 756 g/mol. The molecule has 0 unspecified atom stereocenters. The van der Waals surface area contributed by atoms with Crippen LogP contribution in [0.25, 0.3) is 66.1 Å². The molecule has 0 bridgehead atoms. The van der Waals surface area contributed by atoms with E-state index in [1.54, 1.807) is 0 Å². The minimum absolute atomic E-state index is 0.694. The molecule has 278 valence electrons. The monoisotopic (exact) mass is 755 g/mol. The van der Waals surface area contributed by atoms with Gasteiger partial charge in [-0.25, -0.2) is 0 Å². The third kappa shape index (κ3) is 6.36. The van der Waals surface area contributed by atoms with Crippen LogP contribution in [0.2, 0.25) is 0 Å². The van der Waals surface area contributed by atoms with E-state index in [4.69, 9.17) is 9.47 Å². The van der Waals surface area contributed by atoms with Gasteiger partial charge in [0.1, 0.15) is 11.5 Å². The van der Waals surface area contributed by atoms with E-state index in [-0.39, 0.29) is 0 Å². The summed E-state index contributed by atoms with van der Waals surface area (Å²) < 4.78 is 13.2. The maximum absolute atomic E-state index is 6.72. The van der Waals surface area contributed by atoms with Gasteiger partial charge in [0, 0.05) is 22.6 Å². The molecular weight excluding hydrogens is 719 g/mol. The van der Waals surface area contributed by atoms with E-state index in [0.29, 0.717) is 11.5 Å². The van der Waals surface area contributed by atoms with E-state index < -0.39 is 0 Å². The third-order valence-electron chi connectivity index (χ3n) is 11.3. The van der Waals surface area contributed by atoms with Crippen molar-refractivity contribution in [2.45, 2.75) is 0 Å². The van der Waals surface area contributed by atoms with Crippen molar-refractivity contribution in [2.24, 2.45) is 0 Å². The summed E-state index contributed by atoms with van der Waals surface area (Å²) >= 11 is 0. The summed E-state index contributed by atoms with van der Waals surface area (Å²) in [6.07, 6.45) is 0. The van der Waals surface area contributed by atoms with E-state index in [9.17, 15) is 0 Å². The maximum atomic E-state index is 6.72. The predicted octanol–water partition coefficient (Wildman–Crippen LogP) is 16.0. The number of benzene rings is 10. The molecule has 1 aliphatic heterocycles. The van der Waals surface area contributed by atoms with Crippen LogP contribution in [0.1, 0.15) is 0 Å². The quantitative estimate of drug-likeness (QED) is 0.162. The van der Waals surface area contributed by atoms with Crippen molar-refractivity contribution in [1.82, 2.24) is 0 Å². The number of para-hydroxylation sites is 1. The molecular formula is C56H37NO2. The van der Waals surface area contributed by atoms with Gasteiger partial charge in [-0.1, -0.05) is 164 Å². The molecule has 3 nitrogen and oxygen atoms in total. The average Bonchev–Trinajstić information content (AvgIpc) is 3.47. The second-order valence-corrected chi connectivity index (χ2v) is 14.9. The zero-order chi connectivity index (χ0) is 39.1. The Morgan fingerprint density at radius 3 is 1.61 bits per heavy atom. The fourth-order valence-corrected chi connectivity index (χ4v) is 8.44. The summed E-state index contributed by atoms with van der Waals surface area (Å²) in [5.74, 6) is 2.98. The first-order valence-corrected chi connectivity index (χ1v) is 20.0. The zero-order valence-electron chi connectivity index (χ0n) is 32.1. The molecule has 0 saturated heterocycles. The molecule has 11 rings (SSSR count). The van der Waals surface area contributed by atoms with Crippen LogP contribution in [0, 0.1) is 0 Å². The van der Waals surface area contributed by atoms with Crippen molar-refractivity contribution in [3.63, 3.8) is 0 Å². The standard InChI is InChI=1S/C56H37NO2/c1-2-12-38(13-3-1)39-28-32-46(33-29-39)57(47-34-30-41(31-35-47)50-23-8-15-40-14-4-5-22-49(40)50)48-21-7-19-44(37-48)43-18-6-20-45(36-43)51-24-11-27-54-56(51)59-53-26-10-17-42-16-9-25-52(58-54)55(42)53/h1-37H. The maximum Gasteiger partial charge on any atom is 0.177 e. The molecule has 10 aromatic carbocycles. The Labute approximate surface area is 343 Å². The molecule has 10 aromatic rings. The summed E-state index contributed by atoms with van der Waals surface area (Å²) in [7, 11) is 0. The SMILES string of the molecule is c1ccc(-c2ccc(N(c3ccc(-c4cccc5ccccc45)cc3)c3cccc(-c4cccc(-c5cccc6c5Oc5cccc7cccc(c57)O6)c4)c3)cc2)cc1. The molecule has 0 radical (unpaired) electrons. The van der Waals surface area contributed by atoms with Crippen molar-refractivity contribution in [3.8, 4) is 67.5 Å². The van der Waals surface area contributed by atoms with Crippen LogP contribution in [0.3, 0.4) is 0 Å². The first-order chi connectivity index (χ1) is 29.2. The highest BCUT2D eigenvalue weighted by molar-refractivity contribution is 5.98. The smallest absolute Gasteiger partial charge is 0.177 e. The van der Waals surface area contributed by atoms with Gasteiger partial charge < -0.3 is 14.4 Å². The van der Waals surface area contributed by atoms with Gasteiger partial charge in [0.15, 0.2) is 11.5 Å². The molecule has 0 amide bonds. The molecule has 0 spiro atoms. The number of hydrogen-bond acceptors (Lipinski definition) is 3. The molecule has 0 aromatic heterocycles. The lowest BCUT2D eigenvalue weighted by molar-refractivity contribution is 0.440. The third-order valence-corrected chi connectivity index (χ3v) is 11.3. The van der Waals surface area contributed by atoms with Crippen LogP contribution < -0.4 is 14.4 Å². The summed E-state index contributed by atoms with van der Waals surface area (Å²) in [6, 6.07) is 79.3. The van der Waals surface area contributed by atoms with E-state index in [0.717, 1.165) is 61.6 Å². The molecule has 0 aliphatic carbocycles. The summed E-state index contributed by atoms with van der Waals surface area (Å²) in [6.45, 7) is 0. The summed E-state index contributed by atoms with van der Waals surface area (Å²) in [5.41, 5.74) is 12.2. The van der Waals surface area contributed by atoms with Crippen LogP contribution in [0.5, 0.6) is 23.0 Å². The second kappa shape index (κ2) is 14.6. The van der Waals surface area contributed by atoms with Crippen molar-refractivity contribution >= 4 is 38.6 Å². The lowest BCUT2D eigenvalue weighted by atomic mass is 9.97. The fourth-order valence-electron chi connectivity index (χ4n) is 8.44. The second-order valence-electron chi connectivity index (χ2n) is 14.9. The Balaban J connectivity index is 0.979.